The smallest absolute Gasteiger partial charge is 0.158 e. The maximum absolute atomic E-state index is 11.6. The minimum atomic E-state index is 0.249. The number of allylic oxidation sites excluding steroid dienone is 1. The largest absolute Gasteiger partial charge is 0.489 e. The average molecular weight is 278 g/mol. The Labute approximate surface area is 125 Å². The average Bonchev–Trinajstić information content (AvgIpc) is 3.37. The van der Waals surface area contributed by atoms with Crippen LogP contribution in [0, 0.1) is 5.92 Å². The van der Waals surface area contributed by atoms with Crippen molar-refractivity contribution in [1.82, 2.24) is 0 Å². The first-order chi connectivity index (χ1) is 10.3. The Morgan fingerprint density at radius 3 is 2.43 bits per heavy atom. The second kappa shape index (κ2) is 6.40. The molecule has 0 bridgehead atoms. The number of hydrogen-bond donors (Lipinski definition) is 0. The molecule has 1 fully saturated rings. The van der Waals surface area contributed by atoms with Gasteiger partial charge >= 0.3 is 0 Å². The van der Waals surface area contributed by atoms with Crippen LogP contribution in [0.3, 0.4) is 0 Å². The van der Waals surface area contributed by atoms with E-state index in [1.165, 1.54) is 0 Å². The normalized spacial score (nSPS) is 14.3. The molecular weight excluding hydrogens is 260 g/mol. The minimum Gasteiger partial charge on any atom is -0.489 e. The summed E-state index contributed by atoms with van der Waals surface area (Å²) in [4.78, 5) is 11.6. The Bertz CT molecular complexity index is 622. The molecule has 2 aromatic rings. The summed E-state index contributed by atoms with van der Waals surface area (Å²) >= 11 is 0. The van der Waals surface area contributed by atoms with Crippen molar-refractivity contribution in [2.45, 2.75) is 19.4 Å². The van der Waals surface area contributed by atoms with Crippen LogP contribution in [0.2, 0.25) is 0 Å². The number of hydrogen-bond acceptors (Lipinski definition) is 2. The van der Waals surface area contributed by atoms with Gasteiger partial charge in [0, 0.05) is 5.92 Å². The molecule has 0 amide bonds. The van der Waals surface area contributed by atoms with E-state index in [1.54, 1.807) is 6.08 Å². The van der Waals surface area contributed by atoms with Gasteiger partial charge in [-0.3, -0.25) is 4.79 Å². The molecule has 1 aliphatic rings. The van der Waals surface area contributed by atoms with Gasteiger partial charge in [-0.15, -0.1) is 0 Å². The van der Waals surface area contributed by atoms with Crippen molar-refractivity contribution in [2.75, 3.05) is 0 Å². The van der Waals surface area contributed by atoms with E-state index in [1.807, 2.05) is 60.7 Å². The summed E-state index contributed by atoms with van der Waals surface area (Å²) in [6.07, 6.45) is 5.67. The summed E-state index contributed by atoms with van der Waals surface area (Å²) in [5.41, 5.74) is 2.17. The Balaban J connectivity index is 1.55. The lowest BCUT2D eigenvalue weighted by atomic mass is 10.1. The van der Waals surface area contributed by atoms with Gasteiger partial charge in [0.15, 0.2) is 5.78 Å². The molecule has 0 atom stereocenters. The summed E-state index contributed by atoms with van der Waals surface area (Å²) in [6, 6.07) is 17.9. The molecular formula is C19H18O2. The van der Waals surface area contributed by atoms with Crippen molar-refractivity contribution in [3.8, 4) is 5.75 Å². The van der Waals surface area contributed by atoms with E-state index in [2.05, 4.69) is 0 Å². The summed E-state index contributed by atoms with van der Waals surface area (Å²) in [5.74, 6) is 1.37. The van der Waals surface area contributed by atoms with Gasteiger partial charge in [-0.1, -0.05) is 48.5 Å². The van der Waals surface area contributed by atoms with Crippen LogP contribution in [0.5, 0.6) is 5.75 Å². The summed E-state index contributed by atoms with van der Waals surface area (Å²) in [7, 11) is 0. The molecule has 0 unspecified atom stereocenters. The van der Waals surface area contributed by atoms with Crippen molar-refractivity contribution in [2.24, 2.45) is 5.92 Å². The predicted octanol–water partition coefficient (Wildman–Crippen LogP) is 4.26. The van der Waals surface area contributed by atoms with Crippen LogP contribution in [0.25, 0.3) is 6.08 Å². The van der Waals surface area contributed by atoms with Crippen molar-refractivity contribution < 1.29 is 9.53 Å². The molecule has 0 aromatic heterocycles. The van der Waals surface area contributed by atoms with Gasteiger partial charge < -0.3 is 4.74 Å². The Morgan fingerprint density at radius 1 is 1.05 bits per heavy atom. The van der Waals surface area contributed by atoms with Crippen LogP contribution in [0.4, 0.5) is 0 Å². The van der Waals surface area contributed by atoms with Crippen LogP contribution in [0.15, 0.2) is 60.7 Å². The third-order valence-corrected chi connectivity index (χ3v) is 3.55. The van der Waals surface area contributed by atoms with Gasteiger partial charge in [-0.25, -0.2) is 0 Å². The van der Waals surface area contributed by atoms with Gasteiger partial charge in [0.1, 0.15) is 12.4 Å². The molecule has 1 aliphatic carbocycles. The van der Waals surface area contributed by atoms with E-state index < -0.39 is 0 Å². The van der Waals surface area contributed by atoms with E-state index in [4.69, 9.17) is 4.74 Å². The van der Waals surface area contributed by atoms with E-state index in [0.717, 1.165) is 29.7 Å². The predicted molar refractivity (Wildman–Crippen MR) is 84.0 cm³/mol. The van der Waals surface area contributed by atoms with E-state index in [9.17, 15) is 4.79 Å². The molecule has 0 radical (unpaired) electrons. The van der Waals surface area contributed by atoms with E-state index in [-0.39, 0.29) is 11.7 Å². The second-order valence-corrected chi connectivity index (χ2v) is 5.35. The first-order valence-electron chi connectivity index (χ1n) is 7.30. The lowest BCUT2D eigenvalue weighted by Gasteiger charge is -2.06. The van der Waals surface area contributed by atoms with Crippen LogP contribution >= 0.6 is 0 Å². The zero-order valence-electron chi connectivity index (χ0n) is 11.9. The molecule has 0 N–H and O–H groups in total. The highest BCUT2D eigenvalue weighted by atomic mass is 16.5. The van der Waals surface area contributed by atoms with E-state index >= 15 is 0 Å². The molecule has 2 aromatic carbocycles. The minimum absolute atomic E-state index is 0.249. The van der Waals surface area contributed by atoms with Crippen molar-refractivity contribution in [1.29, 1.82) is 0 Å². The number of ether oxygens (including phenoxy) is 1. The van der Waals surface area contributed by atoms with Crippen LogP contribution in [-0.4, -0.2) is 5.78 Å². The maximum atomic E-state index is 11.6. The quantitative estimate of drug-likeness (QED) is 0.738. The molecule has 21 heavy (non-hydrogen) atoms. The molecule has 1 saturated carbocycles. The fourth-order valence-electron chi connectivity index (χ4n) is 2.10. The highest BCUT2D eigenvalue weighted by Crippen LogP contribution is 2.30. The van der Waals surface area contributed by atoms with Gasteiger partial charge in [0.05, 0.1) is 0 Å². The molecule has 0 spiro atoms. The Kier molecular flexibility index (Phi) is 4.15. The summed E-state index contributed by atoms with van der Waals surface area (Å²) in [5, 5.41) is 0. The molecule has 3 rings (SSSR count). The number of rotatable bonds is 6. The standard InChI is InChI=1S/C19H18O2/c20-19(17-9-10-17)13-8-15-6-11-18(12-7-15)21-14-16-4-2-1-3-5-16/h1-8,11-13,17H,9-10,14H2/b13-8+. The molecule has 106 valence electrons. The third kappa shape index (κ3) is 4.06. The lowest BCUT2D eigenvalue weighted by Crippen LogP contribution is -1.95. The van der Waals surface area contributed by atoms with Crippen molar-refractivity contribution in [3.63, 3.8) is 0 Å². The molecule has 2 heteroatoms. The van der Waals surface area contributed by atoms with Gasteiger partial charge in [-0.2, -0.15) is 0 Å². The molecule has 0 heterocycles. The van der Waals surface area contributed by atoms with Crippen LogP contribution in [-0.2, 0) is 11.4 Å². The number of ketones is 1. The zero-order valence-corrected chi connectivity index (χ0v) is 11.9. The van der Waals surface area contributed by atoms with Gasteiger partial charge in [0.2, 0.25) is 0 Å². The molecule has 0 saturated heterocycles. The lowest BCUT2D eigenvalue weighted by molar-refractivity contribution is -0.115. The monoisotopic (exact) mass is 278 g/mol. The highest BCUT2D eigenvalue weighted by Gasteiger charge is 2.27. The Morgan fingerprint density at radius 2 is 1.76 bits per heavy atom. The maximum Gasteiger partial charge on any atom is 0.158 e. The topological polar surface area (TPSA) is 26.3 Å². The van der Waals surface area contributed by atoms with Crippen LogP contribution in [0.1, 0.15) is 24.0 Å². The highest BCUT2D eigenvalue weighted by molar-refractivity contribution is 5.96. The molecule has 2 nitrogen and oxygen atoms in total. The fourth-order valence-corrected chi connectivity index (χ4v) is 2.10. The number of carbonyl (C=O) groups excluding carboxylic acids is 1. The Hall–Kier alpha value is -2.35. The fraction of sp³-hybridized carbons (Fsp3) is 0.211. The molecule has 0 aliphatic heterocycles. The second-order valence-electron chi connectivity index (χ2n) is 5.35. The zero-order chi connectivity index (χ0) is 14.5. The summed E-state index contributed by atoms with van der Waals surface area (Å²) in [6.45, 7) is 0.566. The number of carbonyl (C=O) groups is 1. The SMILES string of the molecule is O=C(/C=C/c1ccc(OCc2ccccc2)cc1)C1CC1. The van der Waals surface area contributed by atoms with Crippen LogP contribution < -0.4 is 4.74 Å². The summed E-state index contributed by atoms with van der Waals surface area (Å²) < 4.78 is 5.73. The van der Waals surface area contributed by atoms with Crippen molar-refractivity contribution >= 4 is 11.9 Å². The first kappa shape index (κ1) is 13.6. The third-order valence-electron chi connectivity index (χ3n) is 3.55. The van der Waals surface area contributed by atoms with Gasteiger partial charge in [0.25, 0.3) is 0 Å². The van der Waals surface area contributed by atoms with E-state index in [0.29, 0.717) is 6.61 Å². The first-order valence-corrected chi connectivity index (χ1v) is 7.30. The number of benzene rings is 2. The van der Waals surface area contributed by atoms with Gasteiger partial charge in [-0.05, 0) is 42.2 Å². The van der Waals surface area contributed by atoms with Crippen molar-refractivity contribution in [3.05, 3.63) is 71.8 Å².